The van der Waals surface area contributed by atoms with E-state index in [-0.39, 0.29) is 5.56 Å². The number of hydrogen-bond acceptors (Lipinski definition) is 2. The van der Waals surface area contributed by atoms with E-state index in [9.17, 15) is 4.39 Å². The third kappa shape index (κ3) is 1.96. The van der Waals surface area contributed by atoms with Crippen molar-refractivity contribution in [1.82, 2.24) is 0 Å². The van der Waals surface area contributed by atoms with E-state index in [2.05, 4.69) is 0 Å². The Bertz CT molecular complexity index is 489. The van der Waals surface area contributed by atoms with Gasteiger partial charge >= 0.3 is 0 Å². The first-order chi connectivity index (χ1) is 7.59. The minimum Gasteiger partial charge on any atom is -0.464 e. The summed E-state index contributed by atoms with van der Waals surface area (Å²) in [7, 11) is 0. The first-order valence-electron chi connectivity index (χ1n) is 4.85. The number of rotatable bonds is 2. The second-order valence-electron chi connectivity index (χ2n) is 3.56. The molecule has 2 aromatic rings. The summed E-state index contributed by atoms with van der Waals surface area (Å²) in [6, 6.07) is 7.31. The van der Waals surface area contributed by atoms with Gasteiger partial charge in [0.05, 0.1) is 6.04 Å². The molecule has 0 radical (unpaired) electrons. The third-order valence-electron chi connectivity index (χ3n) is 2.38. The standard InChI is InChI=1S/C12H11ClFNO/c1-7-5-6-10(16-7)12(15)11-8(13)3-2-4-9(11)14/h2-6,12H,15H2,1H3. The van der Waals surface area contributed by atoms with Crippen molar-refractivity contribution in [2.75, 3.05) is 0 Å². The minimum absolute atomic E-state index is 0.263. The summed E-state index contributed by atoms with van der Waals surface area (Å²) in [5, 5.41) is 0.307. The maximum Gasteiger partial charge on any atom is 0.129 e. The molecule has 1 heterocycles. The second kappa shape index (κ2) is 4.28. The molecule has 2 nitrogen and oxygen atoms in total. The molecule has 1 aromatic heterocycles. The van der Waals surface area contributed by atoms with Crippen molar-refractivity contribution in [3.8, 4) is 0 Å². The van der Waals surface area contributed by atoms with E-state index >= 15 is 0 Å². The van der Waals surface area contributed by atoms with Crippen molar-refractivity contribution in [2.24, 2.45) is 5.73 Å². The first-order valence-corrected chi connectivity index (χ1v) is 5.23. The lowest BCUT2D eigenvalue weighted by molar-refractivity contribution is 0.459. The van der Waals surface area contributed by atoms with Crippen molar-refractivity contribution in [3.63, 3.8) is 0 Å². The molecule has 0 saturated heterocycles. The van der Waals surface area contributed by atoms with Crippen LogP contribution < -0.4 is 5.73 Å². The third-order valence-corrected chi connectivity index (χ3v) is 2.71. The van der Waals surface area contributed by atoms with E-state index in [1.807, 2.05) is 0 Å². The van der Waals surface area contributed by atoms with Crippen molar-refractivity contribution < 1.29 is 8.81 Å². The van der Waals surface area contributed by atoms with Gasteiger partial charge in [-0.3, -0.25) is 0 Å². The van der Waals surface area contributed by atoms with Gasteiger partial charge in [0.1, 0.15) is 17.3 Å². The van der Waals surface area contributed by atoms with Gasteiger partial charge < -0.3 is 10.2 Å². The summed E-state index contributed by atoms with van der Waals surface area (Å²) in [4.78, 5) is 0. The fraction of sp³-hybridized carbons (Fsp3) is 0.167. The molecule has 1 unspecified atom stereocenters. The zero-order valence-corrected chi connectivity index (χ0v) is 9.46. The molecule has 2 N–H and O–H groups in total. The van der Waals surface area contributed by atoms with Crippen LogP contribution in [0, 0.1) is 12.7 Å². The molecule has 0 fully saturated rings. The van der Waals surface area contributed by atoms with Crippen LogP contribution in [0.2, 0.25) is 5.02 Å². The van der Waals surface area contributed by atoms with Crippen molar-refractivity contribution in [1.29, 1.82) is 0 Å². The van der Waals surface area contributed by atoms with E-state index < -0.39 is 11.9 Å². The normalized spacial score (nSPS) is 12.8. The summed E-state index contributed by atoms with van der Waals surface area (Å²) < 4.78 is 18.9. The fourth-order valence-electron chi connectivity index (χ4n) is 1.57. The van der Waals surface area contributed by atoms with E-state index in [1.165, 1.54) is 6.07 Å². The predicted molar refractivity (Wildman–Crippen MR) is 60.9 cm³/mol. The number of benzene rings is 1. The van der Waals surface area contributed by atoms with Crippen molar-refractivity contribution >= 4 is 11.6 Å². The highest BCUT2D eigenvalue weighted by molar-refractivity contribution is 6.31. The van der Waals surface area contributed by atoms with Crippen LogP contribution >= 0.6 is 11.6 Å². The lowest BCUT2D eigenvalue weighted by atomic mass is 10.0. The topological polar surface area (TPSA) is 39.2 Å². The quantitative estimate of drug-likeness (QED) is 0.872. The summed E-state index contributed by atoms with van der Waals surface area (Å²) in [6.45, 7) is 1.80. The predicted octanol–water partition coefficient (Wildman–Crippen LogP) is 3.43. The van der Waals surface area contributed by atoms with Gasteiger partial charge in [-0.2, -0.15) is 0 Å². The molecule has 2 rings (SSSR count). The van der Waals surface area contributed by atoms with E-state index in [4.69, 9.17) is 21.8 Å². The summed E-state index contributed by atoms with van der Waals surface area (Å²) in [5.41, 5.74) is 6.18. The van der Waals surface area contributed by atoms with Crippen LogP contribution in [0.1, 0.15) is 23.1 Å². The molecular weight excluding hydrogens is 229 g/mol. The van der Waals surface area contributed by atoms with Gasteiger partial charge in [0, 0.05) is 10.6 Å². The van der Waals surface area contributed by atoms with Gasteiger partial charge in [-0.15, -0.1) is 0 Å². The first kappa shape index (κ1) is 11.2. The maximum atomic E-state index is 13.6. The van der Waals surface area contributed by atoms with Crippen molar-refractivity contribution in [2.45, 2.75) is 13.0 Å². The Morgan fingerprint density at radius 1 is 1.31 bits per heavy atom. The Labute approximate surface area is 97.8 Å². The van der Waals surface area contributed by atoms with Crippen LogP contribution in [0.25, 0.3) is 0 Å². The summed E-state index contributed by atoms with van der Waals surface area (Å²) >= 11 is 5.92. The van der Waals surface area contributed by atoms with Crippen molar-refractivity contribution in [3.05, 3.63) is 58.3 Å². The Morgan fingerprint density at radius 3 is 2.62 bits per heavy atom. The summed E-state index contributed by atoms with van der Waals surface area (Å²) in [6.07, 6.45) is 0. The molecule has 0 aliphatic rings. The molecule has 0 aliphatic carbocycles. The Hall–Kier alpha value is -1.32. The highest BCUT2D eigenvalue weighted by atomic mass is 35.5. The smallest absolute Gasteiger partial charge is 0.129 e. The van der Waals surface area contributed by atoms with Crippen LogP contribution in [0.3, 0.4) is 0 Å². The molecule has 0 spiro atoms. The zero-order chi connectivity index (χ0) is 11.7. The molecule has 0 bridgehead atoms. The highest BCUT2D eigenvalue weighted by Gasteiger charge is 2.19. The Morgan fingerprint density at radius 2 is 2.06 bits per heavy atom. The number of furan rings is 1. The molecule has 1 atom stereocenters. The van der Waals surface area contributed by atoms with Crippen LogP contribution in [-0.4, -0.2) is 0 Å². The van der Waals surface area contributed by atoms with Gasteiger partial charge in [-0.05, 0) is 31.2 Å². The zero-order valence-electron chi connectivity index (χ0n) is 8.71. The number of hydrogen-bond donors (Lipinski definition) is 1. The monoisotopic (exact) mass is 239 g/mol. The van der Waals surface area contributed by atoms with E-state index in [0.717, 1.165) is 5.76 Å². The SMILES string of the molecule is Cc1ccc(C(N)c2c(F)cccc2Cl)o1. The second-order valence-corrected chi connectivity index (χ2v) is 3.97. The number of nitrogens with two attached hydrogens (primary N) is 1. The fourth-order valence-corrected chi connectivity index (χ4v) is 1.85. The highest BCUT2D eigenvalue weighted by Crippen LogP contribution is 2.29. The molecule has 0 amide bonds. The van der Waals surface area contributed by atoms with Crippen LogP contribution in [0.15, 0.2) is 34.7 Å². The van der Waals surface area contributed by atoms with Gasteiger partial charge in [0.2, 0.25) is 0 Å². The average molecular weight is 240 g/mol. The van der Waals surface area contributed by atoms with Gasteiger partial charge in [-0.1, -0.05) is 17.7 Å². The van der Waals surface area contributed by atoms with Gasteiger partial charge in [0.15, 0.2) is 0 Å². The molecule has 0 saturated carbocycles. The Balaban J connectivity index is 2.45. The van der Waals surface area contributed by atoms with Crippen LogP contribution in [-0.2, 0) is 0 Å². The van der Waals surface area contributed by atoms with Gasteiger partial charge in [0.25, 0.3) is 0 Å². The molecule has 84 valence electrons. The van der Waals surface area contributed by atoms with Crippen LogP contribution in [0.5, 0.6) is 0 Å². The maximum absolute atomic E-state index is 13.6. The lowest BCUT2D eigenvalue weighted by Gasteiger charge is -2.12. The molecule has 0 aliphatic heterocycles. The van der Waals surface area contributed by atoms with E-state index in [1.54, 1.807) is 31.2 Å². The Kier molecular flexibility index (Phi) is 2.99. The molecular formula is C12H11ClFNO. The molecule has 1 aromatic carbocycles. The summed E-state index contributed by atoms with van der Waals surface area (Å²) in [5.74, 6) is 0.816. The van der Waals surface area contributed by atoms with Gasteiger partial charge in [-0.25, -0.2) is 4.39 Å². The van der Waals surface area contributed by atoms with E-state index in [0.29, 0.717) is 10.8 Å². The number of halogens is 2. The minimum atomic E-state index is -0.678. The molecule has 16 heavy (non-hydrogen) atoms. The average Bonchev–Trinajstić information content (AvgIpc) is 2.64. The largest absolute Gasteiger partial charge is 0.464 e. The molecule has 4 heteroatoms. The van der Waals surface area contributed by atoms with Crippen LogP contribution in [0.4, 0.5) is 4.39 Å². The lowest BCUT2D eigenvalue weighted by Crippen LogP contribution is -2.13. The number of aryl methyl sites for hydroxylation is 1.